The molecule has 0 aliphatic heterocycles. The molecule has 0 aliphatic rings. The Kier molecular flexibility index (Phi) is 2.00. The number of nitrogens with zero attached hydrogens (tertiary/aromatic N) is 1. The summed E-state index contributed by atoms with van der Waals surface area (Å²) in [6.45, 7) is 0. The molecular formula is C13H9NS. The standard InChI is InChI=1S/C13H9NS/c1-2-6-11-10(4-1)5-3-7-12(11)13-8-9-14-15-13/h1-9H. The molecule has 1 heterocycles. The average Bonchev–Trinajstić information content (AvgIpc) is 2.82. The van der Waals surface area contributed by atoms with Crippen LogP contribution in [0.1, 0.15) is 0 Å². The first-order valence-electron chi connectivity index (χ1n) is 4.84. The van der Waals surface area contributed by atoms with Gasteiger partial charge in [0.25, 0.3) is 0 Å². The van der Waals surface area contributed by atoms with Crippen molar-refractivity contribution in [2.75, 3.05) is 0 Å². The van der Waals surface area contributed by atoms with Crippen LogP contribution in [0.25, 0.3) is 21.2 Å². The fourth-order valence-corrected chi connectivity index (χ4v) is 2.43. The van der Waals surface area contributed by atoms with Crippen LogP contribution in [-0.4, -0.2) is 4.37 Å². The maximum atomic E-state index is 4.15. The predicted octanol–water partition coefficient (Wildman–Crippen LogP) is 3.96. The lowest BCUT2D eigenvalue weighted by Gasteiger charge is -2.02. The van der Waals surface area contributed by atoms with E-state index in [4.69, 9.17) is 0 Å². The number of rotatable bonds is 1. The van der Waals surface area contributed by atoms with Crippen LogP contribution in [0.2, 0.25) is 0 Å². The van der Waals surface area contributed by atoms with Gasteiger partial charge < -0.3 is 0 Å². The molecule has 2 aromatic carbocycles. The molecule has 0 saturated heterocycles. The number of hydrogen-bond acceptors (Lipinski definition) is 2. The summed E-state index contributed by atoms with van der Waals surface area (Å²) in [6, 6.07) is 16.9. The van der Waals surface area contributed by atoms with E-state index in [0.29, 0.717) is 0 Å². The summed E-state index contributed by atoms with van der Waals surface area (Å²) in [6.07, 6.45) is 1.85. The van der Waals surface area contributed by atoms with Gasteiger partial charge in [0.2, 0.25) is 0 Å². The van der Waals surface area contributed by atoms with E-state index >= 15 is 0 Å². The minimum absolute atomic E-state index is 1.23. The molecule has 3 rings (SSSR count). The molecule has 72 valence electrons. The van der Waals surface area contributed by atoms with Gasteiger partial charge in [0.05, 0.1) is 4.88 Å². The van der Waals surface area contributed by atoms with Crippen molar-refractivity contribution in [1.82, 2.24) is 4.37 Å². The SMILES string of the molecule is c1ccc2c(-c3ccns3)cccc2c1. The molecular weight excluding hydrogens is 202 g/mol. The Balaban J connectivity index is 2.36. The Labute approximate surface area is 92.2 Å². The van der Waals surface area contributed by atoms with Gasteiger partial charge in [-0.15, -0.1) is 0 Å². The molecule has 0 unspecified atom stereocenters. The highest BCUT2D eigenvalue weighted by atomic mass is 32.1. The summed E-state index contributed by atoms with van der Waals surface area (Å²) in [5.74, 6) is 0. The van der Waals surface area contributed by atoms with E-state index in [1.54, 1.807) is 11.5 Å². The van der Waals surface area contributed by atoms with Crippen LogP contribution in [0.15, 0.2) is 54.7 Å². The van der Waals surface area contributed by atoms with Crippen LogP contribution in [0.5, 0.6) is 0 Å². The van der Waals surface area contributed by atoms with Crippen LogP contribution in [-0.2, 0) is 0 Å². The average molecular weight is 211 g/mol. The second-order valence-electron chi connectivity index (χ2n) is 3.40. The molecule has 0 N–H and O–H groups in total. The Bertz CT molecular complexity index is 579. The van der Waals surface area contributed by atoms with E-state index in [2.05, 4.69) is 52.9 Å². The minimum Gasteiger partial charge on any atom is -0.201 e. The number of hydrogen-bond donors (Lipinski definition) is 0. The minimum atomic E-state index is 1.23. The molecule has 1 aromatic heterocycles. The highest BCUT2D eigenvalue weighted by molar-refractivity contribution is 7.09. The molecule has 1 nitrogen and oxygen atoms in total. The van der Waals surface area contributed by atoms with Crippen molar-refractivity contribution in [3.63, 3.8) is 0 Å². The quantitative estimate of drug-likeness (QED) is 0.593. The molecule has 0 aliphatic carbocycles. The van der Waals surface area contributed by atoms with Crippen molar-refractivity contribution in [2.45, 2.75) is 0 Å². The lowest BCUT2D eigenvalue weighted by molar-refractivity contribution is 1.58. The summed E-state index contributed by atoms with van der Waals surface area (Å²) in [7, 11) is 0. The Hall–Kier alpha value is -1.67. The first-order valence-corrected chi connectivity index (χ1v) is 5.61. The molecule has 2 heteroatoms. The second kappa shape index (κ2) is 3.48. The lowest BCUT2D eigenvalue weighted by Crippen LogP contribution is -1.76. The van der Waals surface area contributed by atoms with Crippen LogP contribution >= 0.6 is 11.5 Å². The van der Waals surface area contributed by atoms with Gasteiger partial charge in [-0.25, -0.2) is 4.37 Å². The van der Waals surface area contributed by atoms with Gasteiger partial charge in [-0.2, -0.15) is 0 Å². The van der Waals surface area contributed by atoms with Gasteiger partial charge in [0.15, 0.2) is 0 Å². The van der Waals surface area contributed by atoms with Gasteiger partial charge >= 0.3 is 0 Å². The first kappa shape index (κ1) is 8.62. The molecule has 15 heavy (non-hydrogen) atoms. The fraction of sp³-hybridized carbons (Fsp3) is 0. The van der Waals surface area contributed by atoms with E-state index in [1.807, 2.05) is 6.20 Å². The monoisotopic (exact) mass is 211 g/mol. The van der Waals surface area contributed by atoms with Crippen molar-refractivity contribution < 1.29 is 0 Å². The summed E-state index contributed by atoms with van der Waals surface area (Å²) in [4.78, 5) is 1.23. The zero-order valence-electron chi connectivity index (χ0n) is 8.05. The van der Waals surface area contributed by atoms with Gasteiger partial charge in [-0.1, -0.05) is 42.5 Å². The van der Waals surface area contributed by atoms with Gasteiger partial charge in [0, 0.05) is 11.8 Å². The molecule has 0 saturated carbocycles. The molecule has 0 atom stereocenters. The third kappa shape index (κ3) is 1.43. The highest BCUT2D eigenvalue weighted by Crippen LogP contribution is 2.30. The molecule has 0 bridgehead atoms. The molecule has 0 amide bonds. The summed E-state index contributed by atoms with van der Waals surface area (Å²) in [5, 5.41) is 2.58. The van der Waals surface area contributed by atoms with Gasteiger partial charge in [0.1, 0.15) is 0 Å². The lowest BCUT2D eigenvalue weighted by atomic mass is 10.0. The second-order valence-corrected chi connectivity index (χ2v) is 4.24. The van der Waals surface area contributed by atoms with Crippen LogP contribution in [0, 0.1) is 0 Å². The first-order chi connectivity index (χ1) is 7.45. The normalized spacial score (nSPS) is 10.7. The molecule has 0 fully saturated rings. The Morgan fingerprint density at radius 3 is 2.60 bits per heavy atom. The topological polar surface area (TPSA) is 12.9 Å². The van der Waals surface area contributed by atoms with E-state index < -0.39 is 0 Å². The molecule has 0 spiro atoms. The third-order valence-electron chi connectivity index (χ3n) is 2.49. The van der Waals surface area contributed by atoms with Crippen molar-refractivity contribution in [1.29, 1.82) is 0 Å². The van der Waals surface area contributed by atoms with E-state index in [9.17, 15) is 0 Å². The largest absolute Gasteiger partial charge is 0.201 e. The predicted molar refractivity (Wildman–Crippen MR) is 65.1 cm³/mol. The van der Waals surface area contributed by atoms with Crippen LogP contribution in [0.3, 0.4) is 0 Å². The Morgan fingerprint density at radius 1 is 0.867 bits per heavy atom. The number of fused-ring (bicyclic) bond motifs is 1. The van der Waals surface area contributed by atoms with Crippen LogP contribution < -0.4 is 0 Å². The number of aromatic nitrogens is 1. The zero-order chi connectivity index (χ0) is 10.1. The van der Waals surface area contributed by atoms with E-state index in [1.165, 1.54) is 21.2 Å². The summed E-state index contributed by atoms with van der Waals surface area (Å²) in [5.41, 5.74) is 1.27. The van der Waals surface area contributed by atoms with E-state index in [-0.39, 0.29) is 0 Å². The maximum Gasteiger partial charge on any atom is 0.0556 e. The third-order valence-corrected chi connectivity index (χ3v) is 3.27. The van der Waals surface area contributed by atoms with Crippen molar-refractivity contribution in [3.05, 3.63) is 54.7 Å². The smallest absolute Gasteiger partial charge is 0.0556 e. The van der Waals surface area contributed by atoms with E-state index in [0.717, 1.165) is 0 Å². The summed E-state index contributed by atoms with van der Waals surface area (Å²) < 4.78 is 4.15. The van der Waals surface area contributed by atoms with Gasteiger partial charge in [-0.05, 0) is 28.4 Å². The highest BCUT2D eigenvalue weighted by Gasteiger charge is 2.03. The van der Waals surface area contributed by atoms with Gasteiger partial charge in [-0.3, -0.25) is 0 Å². The number of benzene rings is 2. The van der Waals surface area contributed by atoms with Crippen LogP contribution in [0.4, 0.5) is 0 Å². The fourth-order valence-electron chi connectivity index (χ4n) is 1.79. The zero-order valence-corrected chi connectivity index (χ0v) is 8.87. The van der Waals surface area contributed by atoms with Crippen molar-refractivity contribution >= 4 is 22.3 Å². The molecule has 3 aromatic rings. The summed E-state index contributed by atoms with van der Waals surface area (Å²) >= 11 is 1.54. The Morgan fingerprint density at radius 2 is 1.73 bits per heavy atom. The van der Waals surface area contributed by atoms with Crippen molar-refractivity contribution in [3.8, 4) is 10.4 Å². The van der Waals surface area contributed by atoms with Crippen molar-refractivity contribution in [2.24, 2.45) is 0 Å². The maximum absolute atomic E-state index is 4.15. The molecule has 0 radical (unpaired) electrons.